The number of piperidine rings is 1. The quantitative estimate of drug-likeness (QED) is 0.856. The van der Waals surface area contributed by atoms with Crippen molar-refractivity contribution in [2.45, 2.75) is 46.1 Å². The van der Waals surface area contributed by atoms with Crippen LogP contribution in [0.1, 0.15) is 37.3 Å². The SMILES string of the molecule is Cc1cccc(C)c1OCC(C)NC(=O)C1CC12CCNCC2.Cl. The first-order valence-corrected chi connectivity index (χ1v) is 8.72. The molecule has 0 aromatic heterocycles. The van der Waals surface area contributed by atoms with Crippen molar-refractivity contribution < 1.29 is 9.53 Å². The molecule has 2 fully saturated rings. The number of para-hydroxylation sites is 1. The van der Waals surface area contributed by atoms with Gasteiger partial charge in [0.15, 0.2) is 0 Å². The number of carbonyl (C=O) groups is 1. The van der Waals surface area contributed by atoms with E-state index in [4.69, 9.17) is 4.74 Å². The fraction of sp³-hybridized carbons (Fsp3) is 0.632. The molecule has 1 spiro atoms. The highest BCUT2D eigenvalue weighted by Gasteiger charge is 2.57. The second kappa shape index (κ2) is 7.75. The lowest BCUT2D eigenvalue weighted by molar-refractivity contribution is -0.124. The number of hydrogen-bond acceptors (Lipinski definition) is 3. The van der Waals surface area contributed by atoms with E-state index in [1.807, 2.05) is 13.0 Å². The van der Waals surface area contributed by atoms with E-state index in [-0.39, 0.29) is 30.3 Å². The predicted molar refractivity (Wildman–Crippen MR) is 98.9 cm³/mol. The zero-order valence-corrected chi connectivity index (χ0v) is 15.7. The van der Waals surface area contributed by atoms with E-state index in [0.717, 1.165) is 49.2 Å². The van der Waals surface area contributed by atoms with Crippen molar-refractivity contribution in [2.24, 2.45) is 11.3 Å². The molecule has 1 aliphatic carbocycles. The topological polar surface area (TPSA) is 50.4 Å². The van der Waals surface area contributed by atoms with Crippen LogP contribution in [0.5, 0.6) is 5.75 Å². The van der Waals surface area contributed by atoms with Crippen LogP contribution in [0.15, 0.2) is 18.2 Å². The molecule has 2 N–H and O–H groups in total. The molecule has 134 valence electrons. The minimum absolute atomic E-state index is 0. The van der Waals surface area contributed by atoms with Crippen LogP contribution in [0.2, 0.25) is 0 Å². The molecule has 1 aromatic rings. The number of nitrogens with one attached hydrogen (secondary N) is 2. The smallest absolute Gasteiger partial charge is 0.224 e. The van der Waals surface area contributed by atoms with Crippen molar-refractivity contribution in [1.29, 1.82) is 0 Å². The number of halogens is 1. The van der Waals surface area contributed by atoms with Gasteiger partial charge in [0, 0.05) is 5.92 Å². The first-order chi connectivity index (χ1) is 11.0. The van der Waals surface area contributed by atoms with Crippen LogP contribution >= 0.6 is 12.4 Å². The summed E-state index contributed by atoms with van der Waals surface area (Å²) in [5, 5.41) is 6.52. The molecule has 0 bridgehead atoms. The third kappa shape index (κ3) is 4.04. The second-order valence-electron chi connectivity index (χ2n) is 7.31. The summed E-state index contributed by atoms with van der Waals surface area (Å²) in [4.78, 5) is 12.4. The Morgan fingerprint density at radius 2 is 1.96 bits per heavy atom. The van der Waals surface area contributed by atoms with Gasteiger partial charge in [-0.05, 0) is 69.7 Å². The van der Waals surface area contributed by atoms with Gasteiger partial charge < -0.3 is 15.4 Å². The molecule has 0 radical (unpaired) electrons. The van der Waals surface area contributed by atoms with Crippen LogP contribution in [0, 0.1) is 25.2 Å². The van der Waals surface area contributed by atoms with Crippen LogP contribution < -0.4 is 15.4 Å². The summed E-state index contributed by atoms with van der Waals surface area (Å²) in [6, 6.07) is 6.17. The lowest BCUT2D eigenvalue weighted by Crippen LogP contribution is -2.40. The number of amides is 1. The fourth-order valence-electron chi connectivity index (χ4n) is 3.82. The zero-order valence-electron chi connectivity index (χ0n) is 14.9. The second-order valence-corrected chi connectivity index (χ2v) is 7.31. The molecule has 2 unspecified atom stereocenters. The molecule has 3 rings (SSSR count). The standard InChI is InChI=1S/C19H28N2O2.ClH/c1-13-5-4-6-14(2)17(13)23-12-15(3)21-18(22)16-11-19(16)7-9-20-10-8-19;/h4-6,15-16,20H,7-12H2,1-3H3,(H,21,22);1H. The average molecular weight is 353 g/mol. The maximum atomic E-state index is 12.4. The molecule has 1 heterocycles. The Morgan fingerprint density at radius 3 is 2.58 bits per heavy atom. The van der Waals surface area contributed by atoms with Crippen molar-refractivity contribution in [1.82, 2.24) is 10.6 Å². The third-order valence-corrected chi connectivity index (χ3v) is 5.38. The highest BCUT2D eigenvalue weighted by molar-refractivity contribution is 5.85. The summed E-state index contributed by atoms with van der Waals surface area (Å²) in [5.41, 5.74) is 2.57. The van der Waals surface area contributed by atoms with Crippen LogP contribution in [0.25, 0.3) is 0 Å². The number of carbonyl (C=O) groups excluding carboxylic acids is 1. The van der Waals surface area contributed by atoms with E-state index in [1.54, 1.807) is 0 Å². The van der Waals surface area contributed by atoms with E-state index in [2.05, 4.69) is 36.6 Å². The molecule has 5 heteroatoms. The van der Waals surface area contributed by atoms with E-state index >= 15 is 0 Å². The zero-order chi connectivity index (χ0) is 16.4. The van der Waals surface area contributed by atoms with Gasteiger partial charge in [0.1, 0.15) is 12.4 Å². The van der Waals surface area contributed by atoms with E-state index in [0.29, 0.717) is 12.0 Å². The van der Waals surface area contributed by atoms with E-state index in [9.17, 15) is 4.79 Å². The molecular formula is C19H29ClN2O2. The van der Waals surface area contributed by atoms with Gasteiger partial charge in [0.2, 0.25) is 5.91 Å². The molecule has 1 saturated heterocycles. The highest BCUT2D eigenvalue weighted by atomic mass is 35.5. The van der Waals surface area contributed by atoms with E-state index < -0.39 is 0 Å². The summed E-state index contributed by atoms with van der Waals surface area (Å²) in [6.07, 6.45) is 3.34. The summed E-state index contributed by atoms with van der Waals surface area (Å²) in [5.74, 6) is 1.37. The number of ether oxygens (including phenoxy) is 1. The summed E-state index contributed by atoms with van der Waals surface area (Å²) >= 11 is 0. The Bertz CT molecular complexity index is 564. The van der Waals surface area contributed by atoms with Gasteiger partial charge in [-0.15, -0.1) is 12.4 Å². The van der Waals surface area contributed by atoms with Gasteiger partial charge in [0.05, 0.1) is 6.04 Å². The molecule has 1 aromatic carbocycles. The molecule has 24 heavy (non-hydrogen) atoms. The van der Waals surface area contributed by atoms with Gasteiger partial charge >= 0.3 is 0 Å². The van der Waals surface area contributed by atoms with Crippen LogP contribution in [0.3, 0.4) is 0 Å². The monoisotopic (exact) mass is 352 g/mol. The minimum atomic E-state index is 0. The molecule has 1 amide bonds. The molecule has 4 nitrogen and oxygen atoms in total. The van der Waals surface area contributed by atoms with Gasteiger partial charge in [-0.1, -0.05) is 18.2 Å². The predicted octanol–water partition coefficient (Wildman–Crippen LogP) is 3.00. The Kier molecular flexibility index (Phi) is 6.16. The number of rotatable bonds is 5. The Balaban J connectivity index is 0.00000208. The maximum Gasteiger partial charge on any atom is 0.224 e. The molecule has 2 atom stereocenters. The van der Waals surface area contributed by atoms with Crippen molar-refractivity contribution >= 4 is 18.3 Å². The van der Waals surface area contributed by atoms with Gasteiger partial charge in [-0.2, -0.15) is 0 Å². The normalized spacial score (nSPS) is 22.4. The lowest BCUT2D eigenvalue weighted by atomic mass is 9.91. The van der Waals surface area contributed by atoms with Crippen molar-refractivity contribution in [2.75, 3.05) is 19.7 Å². The highest BCUT2D eigenvalue weighted by Crippen LogP contribution is 2.58. The third-order valence-electron chi connectivity index (χ3n) is 5.38. The van der Waals surface area contributed by atoms with Gasteiger partial charge in [-0.25, -0.2) is 0 Å². The maximum absolute atomic E-state index is 12.4. The van der Waals surface area contributed by atoms with Gasteiger partial charge in [0.25, 0.3) is 0 Å². The van der Waals surface area contributed by atoms with Crippen molar-refractivity contribution in [3.05, 3.63) is 29.3 Å². The number of hydrogen-bond donors (Lipinski definition) is 2. The summed E-state index contributed by atoms with van der Waals surface area (Å²) in [6.45, 7) is 8.74. The molecule has 2 aliphatic rings. The number of benzene rings is 1. The van der Waals surface area contributed by atoms with Crippen molar-refractivity contribution in [3.8, 4) is 5.75 Å². The lowest BCUT2D eigenvalue weighted by Gasteiger charge is -2.24. The van der Waals surface area contributed by atoms with Crippen LogP contribution in [0.4, 0.5) is 0 Å². The van der Waals surface area contributed by atoms with E-state index in [1.165, 1.54) is 0 Å². The first-order valence-electron chi connectivity index (χ1n) is 8.72. The molecular weight excluding hydrogens is 324 g/mol. The minimum Gasteiger partial charge on any atom is -0.491 e. The van der Waals surface area contributed by atoms with Gasteiger partial charge in [-0.3, -0.25) is 4.79 Å². The fourth-order valence-corrected chi connectivity index (χ4v) is 3.82. The van der Waals surface area contributed by atoms with Crippen LogP contribution in [-0.4, -0.2) is 31.6 Å². The Hall–Kier alpha value is -1.26. The number of aryl methyl sites for hydroxylation is 2. The summed E-state index contributed by atoms with van der Waals surface area (Å²) < 4.78 is 5.94. The Labute approximate surface area is 151 Å². The summed E-state index contributed by atoms with van der Waals surface area (Å²) in [7, 11) is 0. The largest absolute Gasteiger partial charge is 0.491 e. The Morgan fingerprint density at radius 1 is 1.33 bits per heavy atom. The van der Waals surface area contributed by atoms with Crippen molar-refractivity contribution in [3.63, 3.8) is 0 Å². The molecule has 1 aliphatic heterocycles. The average Bonchev–Trinajstić information content (AvgIpc) is 3.21. The molecule has 1 saturated carbocycles. The first kappa shape index (κ1) is 19.1. The van der Waals surface area contributed by atoms with Crippen LogP contribution in [-0.2, 0) is 4.79 Å².